The van der Waals surface area contributed by atoms with Crippen LogP contribution in [0.4, 0.5) is 0 Å². The van der Waals surface area contributed by atoms with Crippen LogP contribution in [0.2, 0.25) is 0 Å². The van der Waals surface area contributed by atoms with Crippen LogP contribution in [0.15, 0.2) is 16.9 Å². The van der Waals surface area contributed by atoms with Gasteiger partial charge in [-0.1, -0.05) is 11.3 Å². The predicted octanol–water partition coefficient (Wildman–Crippen LogP) is 2.22. The Morgan fingerprint density at radius 2 is 1.85 bits per heavy atom. The minimum absolute atomic E-state index is 0.111. The summed E-state index contributed by atoms with van der Waals surface area (Å²) >= 11 is 1.31. The molecule has 0 fully saturated rings. The predicted molar refractivity (Wildman–Crippen MR) is 56.5 cm³/mol. The van der Waals surface area contributed by atoms with Gasteiger partial charge < -0.3 is 4.57 Å². The number of nitrogens with zero attached hydrogens (tertiary/aromatic N) is 1. The summed E-state index contributed by atoms with van der Waals surface area (Å²) in [6.07, 6.45) is 0. The molecular weight excluding hydrogens is 182 g/mol. The lowest BCUT2D eigenvalue weighted by Crippen LogP contribution is -2.06. The van der Waals surface area contributed by atoms with Gasteiger partial charge in [-0.15, -0.1) is 0 Å². The second kappa shape index (κ2) is 2.70. The molecule has 0 aliphatic rings. The molecule has 0 radical (unpaired) electrons. The zero-order chi connectivity index (χ0) is 9.59. The summed E-state index contributed by atoms with van der Waals surface area (Å²) in [5.41, 5.74) is 3.52. The fraction of sp³-hybridized carbons (Fsp3) is 0.300. The van der Waals surface area contributed by atoms with Gasteiger partial charge >= 0.3 is 4.87 Å². The molecule has 0 saturated carbocycles. The molecule has 0 N–H and O–H groups in total. The Morgan fingerprint density at radius 3 is 2.54 bits per heavy atom. The Bertz CT molecular complexity index is 521. The van der Waals surface area contributed by atoms with E-state index in [1.165, 1.54) is 22.5 Å². The van der Waals surface area contributed by atoms with Gasteiger partial charge in [-0.05, 0) is 37.1 Å². The molecule has 3 heteroatoms. The van der Waals surface area contributed by atoms with Crippen molar-refractivity contribution in [2.75, 3.05) is 0 Å². The molecule has 0 amide bonds. The Labute approximate surface area is 80.4 Å². The molecule has 13 heavy (non-hydrogen) atoms. The van der Waals surface area contributed by atoms with Crippen LogP contribution >= 0.6 is 11.3 Å². The third-order valence-corrected chi connectivity index (χ3v) is 3.40. The topological polar surface area (TPSA) is 22.0 Å². The molecule has 2 aromatic rings. The van der Waals surface area contributed by atoms with E-state index in [1.54, 1.807) is 4.57 Å². The molecule has 1 heterocycles. The number of benzene rings is 1. The van der Waals surface area contributed by atoms with E-state index in [0.717, 1.165) is 10.2 Å². The largest absolute Gasteiger partial charge is 0.307 e. The fourth-order valence-corrected chi connectivity index (χ4v) is 2.34. The third kappa shape index (κ3) is 1.20. The monoisotopic (exact) mass is 193 g/mol. The highest BCUT2D eigenvalue weighted by atomic mass is 32.1. The van der Waals surface area contributed by atoms with Gasteiger partial charge in [0.2, 0.25) is 0 Å². The average molecular weight is 193 g/mol. The summed E-state index contributed by atoms with van der Waals surface area (Å²) in [4.78, 5) is 11.5. The molecule has 0 aliphatic carbocycles. The van der Waals surface area contributed by atoms with E-state index in [2.05, 4.69) is 26.0 Å². The Balaban J connectivity index is 2.97. The average Bonchev–Trinajstić information content (AvgIpc) is 2.32. The zero-order valence-electron chi connectivity index (χ0n) is 7.92. The molecule has 0 spiro atoms. The van der Waals surface area contributed by atoms with Crippen molar-refractivity contribution in [3.63, 3.8) is 0 Å². The smallest absolute Gasteiger partial charge is 0.302 e. The third-order valence-electron chi connectivity index (χ3n) is 2.41. The highest BCUT2D eigenvalue weighted by Crippen LogP contribution is 2.20. The van der Waals surface area contributed by atoms with E-state index in [0.29, 0.717) is 0 Å². The van der Waals surface area contributed by atoms with Crippen LogP contribution in [0.3, 0.4) is 0 Å². The lowest BCUT2D eigenvalue weighted by molar-refractivity contribution is 0.937. The van der Waals surface area contributed by atoms with Gasteiger partial charge in [0.25, 0.3) is 0 Å². The number of aryl methyl sites for hydroxylation is 3. The number of rotatable bonds is 0. The first kappa shape index (κ1) is 8.51. The molecule has 0 unspecified atom stereocenters. The fourth-order valence-electron chi connectivity index (χ4n) is 1.38. The summed E-state index contributed by atoms with van der Waals surface area (Å²) in [5.74, 6) is 0. The van der Waals surface area contributed by atoms with Crippen molar-refractivity contribution in [3.05, 3.63) is 32.9 Å². The zero-order valence-corrected chi connectivity index (χ0v) is 8.73. The molecule has 2 rings (SSSR count). The van der Waals surface area contributed by atoms with E-state index in [1.807, 2.05) is 7.05 Å². The minimum atomic E-state index is 0.111. The second-order valence-corrected chi connectivity index (χ2v) is 4.32. The number of aromatic nitrogens is 1. The van der Waals surface area contributed by atoms with Crippen molar-refractivity contribution < 1.29 is 0 Å². The van der Waals surface area contributed by atoms with Gasteiger partial charge in [0.1, 0.15) is 0 Å². The van der Waals surface area contributed by atoms with Crippen LogP contribution in [0.25, 0.3) is 10.2 Å². The van der Waals surface area contributed by atoms with Crippen molar-refractivity contribution in [1.29, 1.82) is 0 Å². The van der Waals surface area contributed by atoms with Crippen LogP contribution in [-0.2, 0) is 7.05 Å². The number of hydrogen-bond acceptors (Lipinski definition) is 2. The second-order valence-electron chi connectivity index (χ2n) is 3.33. The molecule has 0 saturated heterocycles. The maximum absolute atomic E-state index is 11.3. The van der Waals surface area contributed by atoms with Crippen LogP contribution in [0, 0.1) is 13.8 Å². The van der Waals surface area contributed by atoms with E-state index < -0.39 is 0 Å². The van der Waals surface area contributed by atoms with Crippen LogP contribution in [-0.4, -0.2) is 4.57 Å². The summed E-state index contributed by atoms with van der Waals surface area (Å²) in [6.45, 7) is 4.13. The summed E-state index contributed by atoms with van der Waals surface area (Å²) in [7, 11) is 1.82. The molecule has 68 valence electrons. The molecule has 0 atom stereocenters. The lowest BCUT2D eigenvalue weighted by atomic mass is 10.1. The summed E-state index contributed by atoms with van der Waals surface area (Å²) < 4.78 is 2.78. The SMILES string of the molecule is Cc1cc2sc(=O)n(C)c2cc1C. The maximum Gasteiger partial charge on any atom is 0.307 e. The highest BCUT2D eigenvalue weighted by molar-refractivity contribution is 7.16. The Kier molecular flexibility index (Phi) is 1.77. The Hall–Kier alpha value is -1.09. The quantitative estimate of drug-likeness (QED) is 0.628. The molecule has 0 bridgehead atoms. The van der Waals surface area contributed by atoms with Gasteiger partial charge in [0.05, 0.1) is 10.2 Å². The van der Waals surface area contributed by atoms with Gasteiger partial charge in [0.15, 0.2) is 0 Å². The van der Waals surface area contributed by atoms with Crippen LogP contribution in [0.5, 0.6) is 0 Å². The molecule has 0 aliphatic heterocycles. The number of thiazole rings is 1. The van der Waals surface area contributed by atoms with Crippen LogP contribution < -0.4 is 4.87 Å². The molecule has 1 aromatic carbocycles. The van der Waals surface area contributed by atoms with Gasteiger partial charge in [-0.3, -0.25) is 4.79 Å². The molecule has 1 aromatic heterocycles. The van der Waals surface area contributed by atoms with Gasteiger partial charge in [0, 0.05) is 7.05 Å². The normalized spacial score (nSPS) is 11.0. The van der Waals surface area contributed by atoms with Crippen LogP contribution in [0.1, 0.15) is 11.1 Å². The first-order valence-electron chi connectivity index (χ1n) is 4.16. The Morgan fingerprint density at radius 1 is 1.23 bits per heavy atom. The number of fused-ring (bicyclic) bond motifs is 1. The van der Waals surface area contributed by atoms with E-state index in [-0.39, 0.29) is 4.87 Å². The first-order valence-corrected chi connectivity index (χ1v) is 4.98. The lowest BCUT2D eigenvalue weighted by Gasteiger charge is -2.00. The van der Waals surface area contributed by atoms with E-state index >= 15 is 0 Å². The first-order chi connectivity index (χ1) is 6.09. The molecule has 2 nitrogen and oxygen atoms in total. The van der Waals surface area contributed by atoms with E-state index in [9.17, 15) is 4.79 Å². The standard InChI is InChI=1S/C10H11NOS/c1-6-4-8-9(5-7(6)2)13-10(12)11(8)3/h4-5H,1-3H3. The summed E-state index contributed by atoms with van der Waals surface area (Å²) in [6, 6.07) is 4.15. The van der Waals surface area contributed by atoms with E-state index in [4.69, 9.17) is 0 Å². The van der Waals surface area contributed by atoms with Gasteiger partial charge in [-0.25, -0.2) is 0 Å². The van der Waals surface area contributed by atoms with Crippen molar-refractivity contribution in [2.24, 2.45) is 7.05 Å². The van der Waals surface area contributed by atoms with Crippen molar-refractivity contribution >= 4 is 21.6 Å². The van der Waals surface area contributed by atoms with Crippen molar-refractivity contribution in [1.82, 2.24) is 4.57 Å². The maximum atomic E-state index is 11.3. The molecular formula is C10H11NOS. The number of hydrogen-bond donors (Lipinski definition) is 0. The van der Waals surface area contributed by atoms with Gasteiger partial charge in [-0.2, -0.15) is 0 Å². The highest BCUT2D eigenvalue weighted by Gasteiger charge is 2.04. The van der Waals surface area contributed by atoms with Crippen molar-refractivity contribution in [3.8, 4) is 0 Å². The summed E-state index contributed by atoms with van der Waals surface area (Å²) in [5, 5.41) is 0. The van der Waals surface area contributed by atoms with Crippen molar-refractivity contribution in [2.45, 2.75) is 13.8 Å². The minimum Gasteiger partial charge on any atom is -0.302 e.